The topological polar surface area (TPSA) is 139 Å². The highest BCUT2D eigenvalue weighted by atomic mass is 19.4. The van der Waals surface area contributed by atoms with Gasteiger partial charge in [-0.05, 0) is 31.4 Å². The van der Waals surface area contributed by atoms with Crippen LogP contribution in [0, 0.1) is 6.92 Å². The lowest BCUT2D eigenvalue weighted by atomic mass is 9.89. The van der Waals surface area contributed by atoms with E-state index >= 15 is 0 Å². The van der Waals surface area contributed by atoms with Gasteiger partial charge in [0, 0.05) is 30.3 Å². The fourth-order valence-corrected chi connectivity index (χ4v) is 3.96. The van der Waals surface area contributed by atoms with E-state index < -0.39 is 23.2 Å². The summed E-state index contributed by atoms with van der Waals surface area (Å²) in [4.78, 5) is 36.2. The second kappa shape index (κ2) is 7.87. The molecule has 0 bridgehead atoms. The van der Waals surface area contributed by atoms with Crippen LogP contribution in [0.1, 0.15) is 24.0 Å². The number of primary amides is 1. The van der Waals surface area contributed by atoms with Gasteiger partial charge in [-0.2, -0.15) is 13.2 Å². The molecular weight excluding hydrogens is 441 g/mol. The van der Waals surface area contributed by atoms with E-state index in [1.54, 1.807) is 11.8 Å². The molecular formula is C21H23F3N6O3. The number of carbonyl (C=O) groups is 2. The minimum absolute atomic E-state index is 0.0507. The summed E-state index contributed by atoms with van der Waals surface area (Å²) in [5.41, 5.74) is 7.19. The average molecular weight is 464 g/mol. The number of aliphatic hydroxyl groups is 1. The Kier molecular flexibility index (Phi) is 5.43. The van der Waals surface area contributed by atoms with Gasteiger partial charge in [-0.3, -0.25) is 9.59 Å². The van der Waals surface area contributed by atoms with Crippen molar-refractivity contribution < 1.29 is 27.9 Å². The van der Waals surface area contributed by atoms with Crippen LogP contribution in [0.25, 0.3) is 11.3 Å². The second-order valence-corrected chi connectivity index (χ2v) is 8.31. The summed E-state index contributed by atoms with van der Waals surface area (Å²) < 4.78 is 40.6. The van der Waals surface area contributed by atoms with Gasteiger partial charge in [-0.15, -0.1) is 0 Å². The first kappa shape index (κ1) is 22.8. The molecule has 33 heavy (non-hydrogen) atoms. The molecule has 2 fully saturated rings. The molecule has 2 aliphatic rings. The van der Waals surface area contributed by atoms with Gasteiger partial charge in [0.1, 0.15) is 0 Å². The third kappa shape index (κ3) is 3.94. The van der Waals surface area contributed by atoms with Crippen molar-refractivity contribution >= 4 is 23.5 Å². The Morgan fingerprint density at radius 1 is 1.24 bits per heavy atom. The summed E-state index contributed by atoms with van der Waals surface area (Å²) >= 11 is 0. The maximum absolute atomic E-state index is 13.5. The van der Waals surface area contributed by atoms with Crippen LogP contribution in [0.3, 0.4) is 0 Å². The molecule has 2 aromatic rings. The van der Waals surface area contributed by atoms with Gasteiger partial charge in [0.2, 0.25) is 5.91 Å². The molecule has 1 atom stereocenters. The molecule has 4 rings (SSSR count). The van der Waals surface area contributed by atoms with Gasteiger partial charge < -0.3 is 26.4 Å². The van der Waals surface area contributed by atoms with Crippen LogP contribution in [0.2, 0.25) is 0 Å². The van der Waals surface area contributed by atoms with Crippen molar-refractivity contribution in [2.24, 2.45) is 5.73 Å². The molecule has 1 aliphatic carbocycles. The Morgan fingerprint density at radius 2 is 1.94 bits per heavy atom. The summed E-state index contributed by atoms with van der Waals surface area (Å²) in [5, 5.41) is 10.2. The van der Waals surface area contributed by atoms with E-state index in [1.165, 1.54) is 12.3 Å². The smallest absolute Gasteiger partial charge is 0.381 e. The van der Waals surface area contributed by atoms with Gasteiger partial charge in [-0.25, -0.2) is 9.97 Å². The molecule has 1 aromatic carbocycles. The summed E-state index contributed by atoms with van der Waals surface area (Å²) in [6.07, 6.45) is -2.06. The number of amides is 2. The minimum Gasteiger partial charge on any atom is -0.381 e. The highest BCUT2D eigenvalue weighted by Crippen LogP contribution is 2.40. The fraction of sp³-hybridized carbons (Fsp3) is 0.429. The van der Waals surface area contributed by atoms with Crippen LogP contribution in [0.4, 0.5) is 24.8 Å². The summed E-state index contributed by atoms with van der Waals surface area (Å²) in [5.74, 6) is -1.68. The number of carbonyl (C=O) groups excluding carboxylic acids is 2. The SMILES string of the molecule is Cc1ccc(C(O)(C(N)=O)C(F)(F)F)cc1-c1cnc(N)c(N2CCN(C3CC3)C(=O)C2)n1. The minimum atomic E-state index is -5.33. The predicted octanol–water partition coefficient (Wildman–Crippen LogP) is 1.08. The van der Waals surface area contributed by atoms with Crippen LogP contribution in [-0.4, -0.2) is 63.6 Å². The lowest BCUT2D eigenvalue weighted by Crippen LogP contribution is -2.52. The molecule has 2 amide bonds. The fourth-order valence-electron chi connectivity index (χ4n) is 3.96. The third-order valence-electron chi connectivity index (χ3n) is 6.02. The third-order valence-corrected chi connectivity index (χ3v) is 6.02. The van der Waals surface area contributed by atoms with E-state index in [9.17, 15) is 27.9 Å². The maximum atomic E-state index is 13.5. The number of halogens is 3. The van der Waals surface area contributed by atoms with E-state index in [1.807, 2.05) is 4.90 Å². The zero-order valence-electron chi connectivity index (χ0n) is 17.8. The molecule has 1 aliphatic heterocycles. The Bertz CT molecular complexity index is 1120. The quantitative estimate of drug-likeness (QED) is 0.602. The zero-order valence-corrected chi connectivity index (χ0v) is 17.8. The summed E-state index contributed by atoms with van der Waals surface area (Å²) in [6, 6.07) is 3.60. The Labute approximate surface area is 187 Å². The van der Waals surface area contributed by atoms with Crippen LogP contribution >= 0.6 is 0 Å². The number of benzene rings is 1. The molecule has 9 nitrogen and oxygen atoms in total. The van der Waals surface area contributed by atoms with Gasteiger partial charge in [0.05, 0.1) is 18.4 Å². The van der Waals surface area contributed by atoms with Crippen LogP contribution in [0.15, 0.2) is 24.4 Å². The van der Waals surface area contributed by atoms with E-state index in [2.05, 4.69) is 9.97 Å². The zero-order chi connectivity index (χ0) is 24.1. The molecule has 1 saturated heterocycles. The molecule has 1 aromatic heterocycles. The second-order valence-electron chi connectivity index (χ2n) is 8.31. The molecule has 1 unspecified atom stereocenters. The van der Waals surface area contributed by atoms with Crippen molar-refractivity contribution in [3.05, 3.63) is 35.5 Å². The standard InChI is InChI=1S/C21H23F3N6O3/c1-11-2-3-12(20(33,19(26)32)21(22,23)24)8-14(11)15-9-27-17(25)18(28-15)29-6-7-30(13-4-5-13)16(31)10-29/h2-3,8-9,13,33H,4-7,10H2,1H3,(H2,25,27)(H2,26,32). The maximum Gasteiger partial charge on any atom is 0.430 e. The first-order valence-electron chi connectivity index (χ1n) is 10.3. The lowest BCUT2D eigenvalue weighted by Gasteiger charge is -2.35. The number of nitrogens with zero attached hydrogens (tertiary/aromatic N) is 4. The first-order chi connectivity index (χ1) is 15.4. The van der Waals surface area contributed by atoms with Crippen molar-refractivity contribution in [2.75, 3.05) is 30.3 Å². The van der Waals surface area contributed by atoms with Crippen LogP contribution in [-0.2, 0) is 15.2 Å². The van der Waals surface area contributed by atoms with E-state index in [0.717, 1.165) is 25.0 Å². The molecule has 2 heterocycles. The number of nitrogen functional groups attached to an aromatic ring is 1. The number of aryl methyl sites for hydroxylation is 1. The molecule has 176 valence electrons. The van der Waals surface area contributed by atoms with E-state index in [4.69, 9.17) is 11.5 Å². The van der Waals surface area contributed by atoms with Crippen LogP contribution in [0.5, 0.6) is 0 Å². The Balaban J connectivity index is 1.71. The number of aromatic nitrogens is 2. The number of rotatable bonds is 5. The van der Waals surface area contributed by atoms with Crippen molar-refractivity contribution in [1.82, 2.24) is 14.9 Å². The number of hydrogen-bond acceptors (Lipinski definition) is 7. The normalized spacial score (nSPS) is 18.9. The number of nitrogens with two attached hydrogens (primary N) is 2. The number of anilines is 2. The highest BCUT2D eigenvalue weighted by Gasteiger charge is 2.60. The Morgan fingerprint density at radius 3 is 2.52 bits per heavy atom. The monoisotopic (exact) mass is 464 g/mol. The van der Waals surface area contributed by atoms with Gasteiger partial charge in [0.25, 0.3) is 11.5 Å². The molecule has 0 spiro atoms. The van der Waals surface area contributed by atoms with Crippen molar-refractivity contribution in [1.29, 1.82) is 0 Å². The summed E-state index contributed by atoms with van der Waals surface area (Å²) in [6.45, 7) is 2.69. The van der Waals surface area contributed by atoms with Gasteiger partial charge in [-0.1, -0.05) is 12.1 Å². The molecule has 5 N–H and O–H groups in total. The Hall–Kier alpha value is -3.41. The van der Waals surface area contributed by atoms with Crippen molar-refractivity contribution in [2.45, 2.75) is 37.6 Å². The molecule has 12 heteroatoms. The lowest BCUT2D eigenvalue weighted by molar-refractivity contribution is -0.255. The predicted molar refractivity (Wildman–Crippen MR) is 113 cm³/mol. The number of alkyl halides is 3. The highest BCUT2D eigenvalue weighted by molar-refractivity contribution is 5.87. The van der Waals surface area contributed by atoms with Gasteiger partial charge >= 0.3 is 6.18 Å². The van der Waals surface area contributed by atoms with Gasteiger partial charge in [0.15, 0.2) is 11.6 Å². The van der Waals surface area contributed by atoms with Crippen molar-refractivity contribution in [3.8, 4) is 11.3 Å². The van der Waals surface area contributed by atoms with E-state index in [0.29, 0.717) is 18.7 Å². The van der Waals surface area contributed by atoms with Crippen molar-refractivity contribution in [3.63, 3.8) is 0 Å². The first-order valence-corrected chi connectivity index (χ1v) is 10.3. The largest absolute Gasteiger partial charge is 0.430 e. The number of hydrogen-bond donors (Lipinski definition) is 3. The molecule has 0 radical (unpaired) electrons. The summed E-state index contributed by atoms with van der Waals surface area (Å²) in [7, 11) is 0. The van der Waals surface area contributed by atoms with Crippen LogP contribution < -0.4 is 16.4 Å². The average Bonchev–Trinajstić information content (AvgIpc) is 3.58. The molecule has 1 saturated carbocycles. The van der Waals surface area contributed by atoms with E-state index in [-0.39, 0.29) is 41.4 Å². The number of piperazine rings is 1.